The van der Waals surface area contributed by atoms with Gasteiger partial charge in [0.25, 0.3) is 11.8 Å². The van der Waals surface area contributed by atoms with Gasteiger partial charge in [0.05, 0.1) is 12.2 Å². The van der Waals surface area contributed by atoms with E-state index in [4.69, 9.17) is 13.9 Å². The van der Waals surface area contributed by atoms with E-state index in [2.05, 4.69) is 0 Å². The maximum atomic E-state index is 13.4. The van der Waals surface area contributed by atoms with E-state index in [0.29, 0.717) is 30.3 Å². The summed E-state index contributed by atoms with van der Waals surface area (Å²) in [6.45, 7) is 0.839. The summed E-state index contributed by atoms with van der Waals surface area (Å²) >= 11 is 0. The maximum Gasteiger partial charge on any atom is 0.289 e. The highest BCUT2D eigenvalue weighted by molar-refractivity contribution is 6.02. The van der Waals surface area contributed by atoms with Gasteiger partial charge in [-0.1, -0.05) is 0 Å². The first-order chi connectivity index (χ1) is 17.4. The number of fused-ring (bicyclic) bond motifs is 1. The van der Waals surface area contributed by atoms with Gasteiger partial charge in [-0.3, -0.25) is 19.3 Å². The number of hydrogen-bond acceptors (Lipinski definition) is 6. The maximum absolute atomic E-state index is 13.4. The minimum absolute atomic E-state index is 0.0115. The number of nitrogens with zero attached hydrogens (tertiary/aromatic N) is 2. The Hall–Kier alpha value is -4.21. The zero-order valence-corrected chi connectivity index (χ0v) is 19.2. The van der Waals surface area contributed by atoms with Crippen LogP contribution in [0.25, 0.3) is 0 Å². The summed E-state index contributed by atoms with van der Waals surface area (Å²) in [4.78, 5) is 41.1. The van der Waals surface area contributed by atoms with Crippen LogP contribution in [0.5, 0.6) is 11.5 Å². The van der Waals surface area contributed by atoms with Crippen LogP contribution in [-0.4, -0.2) is 48.8 Å². The highest BCUT2D eigenvalue weighted by Gasteiger charge is 2.29. The lowest BCUT2D eigenvalue weighted by Crippen LogP contribution is -2.38. The molecule has 5 rings (SSSR count). The van der Waals surface area contributed by atoms with E-state index in [1.807, 2.05) is 0 Å². The molecular formula is C26H22F2N2O6. The quantitative estimate of drug-likeness (QED) is 0.460. The second-order valence-electron chi connectivity index (χ2n) is 8.50. The third kappa shape index (κ3) is 4.79. The molecule has 0 bridgehead atoms. The second-order valence-corrected chi connectivity index (χ2v) is 8.50. The SMILES string of the molecule is O=C(COc1ccc(F)c(F)c1)c1ccc2c(c1)N(Cc1ccc(C(=O)N3CCCC3)o1)C(=O)CO2. The number of furan rings is 1. The lowest BCUT2D eigenvalue weighted by atomic mass is 10.1. The summed E-state index contributed by atoms with van der Waals surface area (Å²) < 4.78 is 43.0. The standard InChI is InChI=1S/C26H22F2N2O6/c27-19-6-4-17(12-20(19)28)34-14-22(31)16-3-7-23-21(11-16)30(25(32)15-35-23)13-18-5-8-24(36-18)26(33)29-9-1-2-10-29/h3-8,11-12H,1-2,9-10,13-15H2. The second kappa shape index (κ2) is 9.80. The molecule has 0 atom stereocenters. The highest BCUT2D eigenvalue weighted by Crippen LogP contribution is 2.34. The van der Waals surface area contributed by atoms with E-state index >= 15 is 0 Å². The number of likely N-dealkylation sites (tertiary alicyclic amines) is 1. The molecule has 2 aliphatic heterocycles. The van der Waals surface area contributed by atoms with Crippen LogP contribution in [0.4, 0.5) is 14.5 Å². The molecule has 1 aromatic heterocycles. The molecule has 3 heterocycles. The first kappa shape index (κ1) is 23.5. The number of benzene rings is 2. The molecule has 1 fully saturated rings. The molecule has 10 heteroatoms. The Morgan fingerprint density at radius 2 is 1.78 bits per heavy atom. The number of amides is 2. The summed E-state index contributed by atoms with van der Waals surface area (Å²) in [5.74, 6) is -2.00. The fraction of sp³-hybridized carbons (Fsp3) is 0.269. The van der Waals surface area contributed by atoms with Gasteiger partial charge in [0, 0.05) is 24.7 Å². The molecule has 36 heavy (non-hydrogen) atoms. The molecule has 0 spiro atoms. The molecular weight excluding hydrogens is 474 g/mol. The number of Topliss-reactive ketones (excluding diaryl/α,β-unsaturated/α-hetero) is 1. The third-order valence-electron chi connectivity index (χ3n) is 6.06. The van der Waals surface area contributed by atoms with Crippen molar-refractivity contribution in [3.05, 3.63) is 77.2 Å². The van der Waals surface area contributed by atoms with Crippen LogP contribution in [0.1, 0.15) is 39.5 Å². The van der Waals surface area contributed by atoms with Crippen molar-refractivity contribution in [2.24, 2.45) is 0 Å². The zero-order valence-electron chi connectivity index (χ0n) is 19.2. The predicted octanol–water partition coefficient (Wildman–Crippen LogP) is 3.98. The van der Waals surface area contributed by atoms with Gasteiger partial charge in [0.15, 0.2) is 36.4 Å². The molecule has 0 radical (unpaired) electrons. The van der Waals surface area contributed by atoms with Crippen LogP contribution in [-0.2, 0) is 11.3 Å². The number of carbonyl (C=O) groups excluding carboxylic acids is 3. The Balaban J connectivity index is 1.31. The van der Waals surface area contributed by atoms with Crippen LogP contribution in [0.2, 0.25) is 0 Å². The molecule has 0 N–H and O–H groups in total. The molecule has 2 aliphatic rings. The third-order valence-corrected chi connectivity index (χ3v) is 6.06. The first-order valence-corrected chi connectivity index (χ1v) is 11.5. The van der Waals surface area contributed by atoms with Gasteiger partial charge >= 0.3 is 0 Å². The minimum Gasteiger partial charge on any atom is -0.485 e. The van der Waals surface area contributed by atoms with Crippen LogP contribution >= 0.6 is 0 Å². The van der Waals surface area contributed by atoms with Gasteiger partial charge in [-0.2, -0.15) is 0 Å². The van der Waals surface area contributed by atoms with Gasteiger partial charge in [-0.15, -0.1) is 0 Å². The van der Waals surface area contributed by atoms with Gasteiger partial charge in [-0.25, -0.2) is 8.78 Å². The van der Waals surface area contributed by atoms with Crippen molar-refractivity contribution in [3.8, 4) is 11.5 Å². The highest BCUT2D eigenvalue weighted by atomic mass is 19.2. The van der Waals surface area contributed by atoms with Gasteiger partial charge in [0.2, 0.25) is 0 Å². The monoisotopic (exact) mass is 496 g/mol. The van der Waals surface area contributed by atoms with E-state index in [-0.39, 0.29) is 42.0 Å². The van der Waals surface area contributed by atoms with Crippen molar-refractivity contribution in [3.63, 3.8) is 0 Å². The van der Waals surface area contributed by atoms with E-state index in [9.17, 15) is 23.2 Å². The number of carbonyl (C=O) groups is 3. The van der Waals surface area contributed by atoms with Gasteiger partial charge in [0.1, 0.15) is 17.3 Å². The van der Waals surface area contributed by atoms with Crippen LogP contribution in [0.15, 0.2) is 52.9 Å². The fourth-order valence-electron chi connectivity index (χ4n) is 4.16. The zero-order chi connectivity index (χ0) is 25.2. The Morgan fingerprint density at radius 3 is 2.56 bits per heavy atom. The van der Waals surface area contributed by atoms with E-state index in [1.54, 1.807) is 23.1 Å². The molecule has 3 aromatic rings. The Labute approximate surface area is 205 Å². The molecule has 186 valence electrons. The van der Waals surface area contributed by atoms with Gasteiger partial charge < -0.3 is 18.8 Å². The molecule has 2 aromatic carbocycles. The number of halogens is 2. The molecule has 0 unspecified atom stereocenters. The Kier molecular flexibility index (Phi) is 6.41. The Bertz CT molecular complexity index is 1330. The number of ether oxygens (including phenoxy) is 2. The van der Waals surface area contributed by atoms with E-state index in [1.165, 1.54) is 23.1 Å². The van der Waals surface area contributed by atoms with Crippen LogP contribution < -0.4 is 14.4 Å². The average Bonchev–Trinajstić information content (AvgIpc) is 3.58. The molecule has 0 saturated carbocycles. The van der Waals surface area contributed by atoms with Crippen molar-refractivity contribution >= 4 is 23.3 Å². The average molecular weight is 496 g/mol. The van der Waals surface area contributed by atoms with Crippen molar-refractivity contribution in [2.45, 2.75) is 19.4 Å². The number of ketones is 1. The number of hydrogen-bond donors (Lipinski definition) is 0. The minimum atomic E-state index is -1.08. The molecule has 1 saturated heterocycles. The largest absolute Gasteiger partial charge is 0.485 e. The van der Waals surface area contributed by atoms with Crippen molar-refractivity contribution < 1.29 is 37.1 Å². The summed E-state index contributed by atoms with van der Waals surface area (Å²) in [6, 6.07) is 10.8. The fourth-order valence-corrected chi connectivity index (χ4v) is 4.16. The molecule has 8 nitrogen and oxygen atoms in total. The van der Waals surface area contributed by atoms with E-state index < -0.39 is 24.0 Å². The van der Waals surface area contributed by atoms with Gasteiger partial charge in [-0.05, 0) is 55.3 Å². The normalized spacial score (nSPS) is 15.0. The molecule has 2 amide bonds. The number of rotatable bonds is 7. The van der Waals surface area contributed by atoms with Crippen LogP contribution in [0, 0.1) is 11.6 Å². The predicted molar refractivity (Wildman–Crippen MR) is 123 cm³/mol. The Morgan fingerprint density at radius 1 is 0.972 bits per heavy atom. The van der Waals surface area contributed by atoms with Crippen LogP contribution in [0.3, 0.4) is 0 Å². The smallest absolute Gasteiger partial charge is 0.289 e. The summed E-state index contributed by atoms with van der Waals surface area (Å²) in [7, 11) is 0. The topological polar surface area (TPSA) is 89.3 Å². The summed E-state index contributed by atoms with van der Waals surface area (Å²) in [5.41, 5.74) is 0.609. The lowest BCUT2D eigenvalue weighted by molar-refractivity contribution is -0.121. The lowest BCUT2D eigenvalue weighted by Gasteiger charge is -2.29. The summed E-state index contributed by atoms with van der Waals surface area (Å²) in [5, 5.41) is 0. The first-order valence-electron chi connectivity index (χ1n) is 11.5. The van der Waals surface area contributed by atoms with E-state index in [0.717, 1.165) is 25.0 Å². The number of anilines is 1. The van der Waals surface area contributed by atoms with Crippen molar-refractivity contribution in [2.75, 3.05) is 31.2 Å². The molecule has 0 aliphatic carbocycles. The summed E-state index contributed by atoms with van der Waals surface area (Å²) in [6.07, 6.45) is 1.93. The van der Waals surface area contributed by atoms with Crippen molar-refractivity contribution in [1.82, 2.24) is 4.90 Å². The van der Waals surface area contributed by atoms with Crippen molar-refractivity contribution in [1.29, 1.82) is 0 Å².